The summed E-state index contributed by atoms with van der Waals surface area (Å²) in [6.45, 7) is 0. The third-order valence-electron chi connectivity index (χ3n) is 2.75. The molecule has 0 aliphatic rings. The zero-order valence-electron chi connectivity index (χ0n) is 10.2. The van der Waals surface area contributed by atoms with Gasteiger partial charge in [0, 0.05) is 17.8 Å². The molecular formula is C14H9FN4O. The van der Waals surface area contributed by atoms with E-state index in [2.05, 4.69) is 20.3 Å². The molecule has 3 rings (SSSR count). The van der Waals surface area contributed by atoms with Crippen LogP contribution in [0.1, 0.15) is 10.4 Å². The summed E-state index contributed by atoms with van der Waals surface area (Å²) in [6, 6.07) is 7.77. The van der Waals surface area contributed by atoms with Gasteiger partial charge < -0.3 is 5.32 Å². The predicted octanol–water partition coefficient (Wildman–Crippen LogP) is 2.42. The van der Waals surface area contributed by atoms with Crippen molar-refractivity contribution in [2.45, 2.75) is 0 Å². The Hall–Kier alpha value is -2.89. The molecule has 0 aliphatic heterocycles. The summed E-state index contributed by atoms with van der Waals surface area (Å²) in [6.07, 6.45) is 4.20. The van der Waals surface area contributed by atoms with Gasteiger partial charge in [0.15, 0.2) is 0 Å². The molecule has 0 radical (unpaired) electrons. The number of nitrogens with one attached hydrogen (secondary N) is 1. The molecule has 0 bridgehead atoms. The van der Waals surface area contributed by atoms with Crippen LogP contribution < -0.4 is 5.32 Å². The molecular weight excluding hydrogens is 259 g/mol. The quantitative estimate of drug-likeness (QED) is 0.775. The minimum Gasteiger partial charge on any atom is -0.306 e. The molecule has 2 aromatic heterocycles. The Morgan fingerprint density at radius 3 is 2.90 bits per heavy atom. The Labute approximate surface area is 113 Å². The topological polar surface area (TPSA) is 67.8 Å². The first-order chi connectivity index (χ1) is 9.74. The standard InChI is InChI=1S/C14H9FN4O/c15-11-3-1-2-9-6-10(7-17-13(9)11)14(20)19-12-4-5-16-8-18-12/h1-8H,(H,16,18,19,20). The molecule has 0 spiro atoms. The van der Waals surface area contributed by atoms with Gasteiger partial charge in [0.25, 0.3) is 5.91 Å². The molecule has 6 heteroatoms. The number of benzene rings is 1. The molecule has 0 fully saturated rings. The van der Waals surface area contributed by atoms with E-state index in [1.807, 2.05) is 0 Å². The summed E-state index contributed by atoms with van der Waals surface area (Å²) in [7, 11) is 0. The van der Waals surface area contributed by atoms with Crippen LogP contribution >= 0.6 is 0 Å². The zero-order valence-corrected chi connectivity index (χ0v) is 10.2. The van der Waals surface area contributed by atoms with Gasteiger partial charge in [-0.25, -0.2) is 14.4 Å². The highest BCUT2D eigenvalue weighted by atomic mass is 19.1. The van der Waals surface area contributed by atoms with Gasteiger partial charge >= 0.3 is 0 Å². The summed E-state index contributed by atoms with van der Waals surface area (Å²) in [5.74, 6) is -0.378. The SMILES string of the molecule is O=C(Nc1ccncn1)c1cnc2c(F)cccc2c1. The second kappa shape index (κ2) is 5.00. The van der Waals surface area contributed by atoms with Crippen molar-refractivity contribution in [2.75, 3.05) is 5.32 Å². The highest BCUT2D eigenvalue weighted by molar-refractivity contribution is 6.05. The van der Waals surface area contributed by atoms with Crippen LogP contribution in [0.15, 0.2) is 49.1 Å². The van der Waals surface area contributed by atoms with E-state index in [1.165, 1.54) is 24.8 Å². The van der Waals surface area contributed by atoms with Gasteiger partial charge in [0.2, 0.25) is 0 Å². The summed E-state index contributed by atoms with van der Waals surface area (Å²) in [5, 5.41) is 3.18. The van der Waals surface area contributed by atoms with Crippen molar-refractivity contribution in [3.8, 4) is 0 Å². The number of anilines is 1. The Kier molecular flexibility index (Phi) is 3.04. The van der Waals surface area contributed by atoms with Crippen LogP contribution in [0.2, 0.25) is 0 Å². The van der Waals surface area contributed by atoms with Crippen LogP contribution in [0.5, 0.6) is 0 Å². The number of pyridine rings is 1. The average molecular weight is 268 g/mol. The largest absolute Gasteiger partial charge is 0.306 e. The van der Waals surface area contributed by atoms with Crippen molar-refractivity contribution in [2.24, 2.45) is 0 Å². The number of hydrogen-bond donors (Lipinski definition) is 1. The maximum absolute atomic E-state index is 13.5. The Bertz CT molecular complexity index is 776. The monoisotopic (exact) mass is 268 g/mol. The molecule has 3 aromatic rings. The number of aromatic nitrogens is 3. The molecule has 5 nitrogen and oxygen atoms in total. The van der Waals surface area contributed by atoms with E-state index in [9.17, 15) is 9.18 Å². The fourth-order valence-corrected chi connectivity index (χ4v) is 1.80. The molecule has 20 heavy (non-hydrogen) atoms. The third kappa shape index (κ3) is 2.31. The molecule has 2 heterocycles. The number of para-hydroxylation sites is 1. The Morgan fingerprint density at radius 2 is 2.10 bits per heavy atom. The van der Waals surface area contributed by atoms with E-state index in [-0.39, 0.29) is 11.4 Å². The number of carbonyl (C=O) groups is 1. The summed E-state index contributed by atoms with van der Waals surface area (Å²) in [4.78, 5) is 23.7. The van der Waals surface area contributed by atoms with Crippen molar-refractivity contribution in [1.82, 2.24) is 15.0 Å². The van der Waals surface area contributed by atoms with Crippen molar-refractivity contribution in [3.63, 3.8) is 0 Å². The Balaban J connectivity index is 1.92. The normalized spacial score (nSPS) is 10.4. The van der Waals surface area contributed by atoms with Crippen LogP contribution in [0.25, 0.3) is 10.9 Å². The fourth-order valence-electron chi connectivity index (χ4n) is 1.80. The van der Waals surface area contributed by atoms with Gasteiger partial charge in [-0.2, -0.15) is 0 Å². The lowest BCUT2D eigenvalue weighted by atomic mass is 10.1. The number of carbonyl (C=O) groups excluding carboxylic acids is 1. The molecule has 0 unspecified atom stereocenters. The third-order valence-corrected chi connectivity index (χ3v) is 2.75. The lowest BCUT2D eigenvalue weighted by Crippen LogP contribution is -2.13. The number of fused-ring (bicyclic) bond motifs is 1. The lowest BCUT2D eigenvalue weighted by Gasteiger charge is -2.05. The highest BCUT2D eigenvalue weighted by Gasteiger charge is 2.09. The van der Waals surface area contributed by atoms with Crippen molar-refractivity contribution >= 4 is 22.6 Å². The van der Waals surface area contributed by atoms with Gasteiger partial charge in [-0.15, -0.1) is 0 Å². The first kappa shape index (κ1) is 12.2. The molecule has 98 valence electrons. The maximum atomic E-state index is 13.5. The van der Waals surface area contributed by atoms with Crippen LogP contribution in [-0.2, 0) is 0 Å². The van der Waals surface area contributed by atoms with Gasteiger partial charge in [-0.05, 0) is 18.2 Å². The van der Waals surface area contributed by atoms with E-state index in [4.69, 9.17) is 0 Å². The summed E-state index contributed by atoms with van der Waals surface area (Å²) >= 11 is 0. The molecule has 1 amide bonds. The zero-order chi connectivity index (χ0) is 13.9. The number of rotatable bonds is 2. The predicted molar refractivity (Wildman–Crippen MR) is 71.7 cm³/mol. The van der Waals surface area contributed by atoms with Crippen molar-refractivity contribution in [3.05, 3.63) is 60.4 Å². The minimum atomic E-state index is -0.412. The fraction of sp³-hybridized carbons (Fsp3) is 0. The first-order valence-electron chi connectivity index (χ1n) is 5.86. The first-order valence-corrected chi connectivity index (χ1v) is 5.86. The van der Waals surface area contributed by atoms with Gasteiger partial charge in [0.05, 0.1) is 5.56 Å². The average Bonchev–Trinajstić information content (AvgIpc) is 2.48. The second-order valence-corrected chi connectivity index (χ2v) is 4.08. The molecule has 1 N–H and O–H groups in total. The smallest absolute Gasteiger partial charge is 0.258 e. The Morgan fingerprint density at radius 1 is 1.20 bits per heavy atom. The number of hydrogen-bond acceptors (Lipinski definition) is 4. The van der Waals surface area contributed by atoms with Gasteiger partial charge in [-0.3, -0.25) is 9.78 Å². The summed E-state index contributed by atoms with van der Waals surface area (Å²) < 4.78 is 13.5. The number of halogens is 1. The van der Waals surface area contributed by atoms with Gasteiger partial charge in [0.1, 0.15) is 23.5 Å². The minimum absolute atomic E-state index is 0.242. The molecule has 0 saturated carbocycles. The van der Waals surface area contributed by atoms with E-state index >= 15 is 0 Å². The molecule has 0 saturated heterocycles. The lowest BCUT2D eigenvalue weighted by molar-refractivity contribution is 0.102. The molecule has 0 aliphatic carbocycles. The molecule has 0 atom stereocenters. The van der Waals surface area contributed by atoms with Crippen LogP contribution in [0.3, 0.4) is 0 Å². The van der Waals surface area contributed by atoms with Crippen LogP contribution in [-0.4, -0.2) is 20.9 Å². The molecule has 1 aromatic carbocycles. The van der Waals surface area contributed by atoms with Crippen LogP contribution in [0, 0.1) is 5.82 Å². The van der Waals surface area contributed by atoms with Crippen LogP contribution in [0.4, 0.5) is 10.2 Å². The maximum Gasteiger partial charge on any atom is 0.258 e. The van der Waals surface area contributed by atoms with E-state index < -0.39 is 5.82 Å². The summed E-state index contributed by atoms with van der Waals surface area (Å²) in [5.41, 5.74) is 0.577. The van der Waals surface area contributed by atoms with Crippen molar-refractivity contribution in [1.29, 1.82) is 0 Å². The van der Waals surface area contributed by atoms with E-state index in [0.717, 1.165) is 0 Å². The number of amides is 1. The number of nitrogens with zero attached hydrogens (tertiary/aromatic N) is 3. The van der Waals surface area contributed by atoms with Crippen molar-refractivity contribution < 1.29 is 9.18 Å². The second-order valence-electron chi connectivity index (χ2n) is 4.08. The van der Waals surface area contributed by atoms with Gasteiger partial charge in [-0.1, -0.05) is 12.1 Å². The van der Waals surface area contributed by atoms with E-state index in [0.29, 0.717) is 16.8 Å². The van der Waals surface area contributed by atoms with E-state index in [1.54, 1.807) is 24.3 Å². The highest BCUT2D eigenvalue weighted by Crippen LogP contribution is 2.17.